The molecule has 0 aliphatic heterocycles. The Morgan fingerprint density at radius 3 is 2.60 bits per heavy atom. The maximum Gasteiger partial charge on any atom is 0.407 e. The molecule has 0 aromatic rings. The van der Waals surface area contributed by atoms with Crippen LogP contribution in [0.15, 0.2) is 0 Å². The smallest absolute Gasteiger partial charge is 0.407 e. The van der Waals surface area contributed by atoms with E-state index in [1.54, 1.807) is 0 Å². The first-order valence-corrected chi connectivity index (χ1v) is 5.56. The van der Waals surface area contributed by atoms with Gasteiger partial charge in [-0.25, -0.2) is 4.79 Å². The van der Waals surface area contributed by atoms with E-state index >= 15 is 0 Å². The number of amides is 1. The average Bonchev–Trinajstić information content (AvgIpc) is 2.28. The molecule has 1 aliphatic carbocycles. The summed E-state index contributed by atoms with van der Waals surface area (Å²) < 4.78 is 4.55. The first-order valence-electron chi connectivity index (χ1n) is 5.56. The van der Waals surface area contributed by atoms with E-state index in [1.165, 1.54) is 7.11 Å². The molecule has 0 aromatic carbocycles. The monoisotopic (exact) mass is 213 g/mol. The standard InChI is InChI=1S/C11H19NO3/c1-3-10(13)8-6-4-5-7-9(8)12-11(14)15-2/h8-9H,3-7H2,1-2H3,(H,12,14)/t8-,9?/m1/s1. The van der Waals surface area contributed by atoms with Crippen molar-refractivity contribution >= 4 is 11.9 Å². The van der Waals surface area contributed by atoms with Gasteiger partial charge in [0.15, 0.2) is 0 Å². The van der Waals surface area contributed by atoms with Crippen molar-refractivity contribution in [3.8, 4) is 0 Å². The third-order valence-corrected chi connectivity index (χ3v) is 3.02. The number of Topliss-reactive ketones (excluding diaryl/α,β-unsaturated/α-hetero) is 1. The van der Waals surface area contributed by atoms with Crippen LogP contribution in [0, 0.1) is 5.92 Å². The van der Waals surface area contributed by atoms with Crippen molar-refractivity contribution in [3.63, 3.8) is 0 Å². The highest BCUT2D eigenvalue weighted by molar-refractivity contribution is 5.82. The molecule has 0 bridgehead atoms. The van der Waals surface area contributed by atoms with E-state index in [0.717, 1.165) is 25.7 Å². The number of ether oxygens (including phenoxy) is 1. The fourth-order valence-corrected chi connectivity index (χ4v) is 2.16. The molecular weight excluding hydrogens is 194 g/mol. The summed E-state index contributed by atoms with van der Waals surface area (Å²) >= 11 is 0. The highest BCUT2D eigenvalue weighted by Gasteiger charge is 2.30. The minimum Gasteiger partial charge on any atom is -0.453 e. The number of hydrogen-bond acceptors (Lipinski definition) is 3. The van der Waals surface area contributed by atoms with Gasteiger partial charge in [-0.05, 0) is 12.8 Å². The molecule has 2 atom stereocenters. The minimum absolute atomic E-state index is 0.0112. The van der Waals surface area contributed by atoms with Crippen LogP contribution < -0.4 is 5.32 Å². The van der Waals surface area contributed by atoms with Crippen molar-refractivity contribution in [1.82, 2.24) is 5.32 Å². The molecule has 1 fully saturated rings. The number of nitrogens with one attached hydrogen (secondary N) is 1. The number of ketones is 1. The third kappa shape index (κ3) is 3.22. The molecule has 1 N–H and O–H groups in total. The lowest BCUT2D eigenvalue weighted by atomic mass is 9.81. The fourth-order valence-electron chi connectivity index (χ4n) is 2.16. The number of carbonyl (C=O) groups excluding carboxylic acids is 2. The Morgan fingerprint density at radius 1 is 1.33 bits per heavy atom. The molecule has 1 aliphatic rings. The van der Waals surface area contributed by atoms with Crippen molar-refractivity contribution in [3.05, 3.63) is 0 Å². The van der Waals surface area contributed by atoms with E-state index in [0.29, 0.717) is 6.42 Å². The van der Waals surface area contributed by atoms with Gasteiger partial charge < -0.3 is 10.1 Å². The number of rotatable bonds is 3. The van der Waals surface area contributed by atoms with Crippen LogP contribution >= 0.6 is 0 Å². The Kier molecular flexibility index (Phi) is 4.59. The van der Waals surface area contributed by atoms with Crippen molar-refractivity contribution in [2.75, 3.05) is 7.11 Å². The van der Waals surface area contributed by atoms with Crippen LogP contribution in [0.4, 0.5) is 4.79 Å². The molecule has 0 saturated heterocycles. The van der Waals surface area contributed by atoms with Crippen LogP contribution in [0.2, 0.25) is 0 Å². The zero-order chi connectivity index (χ0) is 11.3. The summed E-state index contributed by atoms with van der Waals surface area (Å²) in [5.41, 5.74) is 0. The summed E-state index contributed by atoms with van der Waals surface area (Å²) in [7, 11) is 1.34. The van der Waals surface area contributed by atoms with Crippen LogP contribution in [0.3, 0.4) is 0 Å². The molecular formula is C11H19NO3. The maximum atomic E-state index is 11.7. The first-order chi connectivity index (χ1) is 7.19. The van der Waals surface area contributed by atoms with Crippen LogP contribution in [0.25, 0.3) is 0 Å². The lowest BCUT2D eigenvalue weighted by Gasteiger charge is -2.30. The minimum atomic E-state index is -0.434. The number of alkyl carbamates (subject to hydrolysis) is 1. The van der Waals surface area contributed by atoms with Gasteiger partial charge >= 0.3 is 6.09 Å². The molecule has 1 amide bonds. The lowest BCUT2D eigenvalue weighted by Crippen LogP contribution is -2.44. The second kappa shape index (κ2) is 5.73. The molecule has 0 radical (unpaired) electrons. The summed E-state index contributed by atoms with van der Waals surface area (Å²) in [5, 5.41) is 2.75. The quantitative estimate of drug-likeness (QED) is 0.778. The van der Waals surface area contributed by atoms with E-state index in [4.69, 9.17) is 0 Å². The highest BCUT2D eigenvalue weighted by atomic mass is 16.5. The largest absolute Gasteiger partial charge is 0.453 e. The Bertz CT molecular complexity index is 240. The summed E-state index contributed by atoms with van der Waals surface area (Å²) in [6, 6.07) is -0.0290. The number of methoxy groups -OCH3 is 1. The molecule has 1 saturated carbocycles. The normalized spacial score (nSPS) is 25.7. The molecule has 86 valence electrons. The van der Waals surface area contributed by atoms with Gasteiger partial charge in [-0.2, -0.15) is 0 Å². The van der Waals surface area contributed by atoms with Crippen LogP contribution in [0.1, 0.15) is 39.0 Å². The zero-order valence-electron chi connectivity index (χ0n) is 9.41. The fraction of sp³-hybridized carbons (Fsp3) is 0.818. The van der Waals surface area contributed by atoms with Crippen molar-refractivity contribution < 1.29 is 14.3 Å². The third-order valence-electron chi connectivity index (χ3n) is 3.02. The number of hydrogen-bond donors (Lipinski definition) is 1. The van der Waals surface area contributed by atoms with Crippen LogP contribution in [-0.4, -0.2) is 25.0 Å². The van der Waals surface area contributed by atoms with Gasteiger partial charge in [0.05, 0.1) is 7.11 Å². The van der Waals surface area contributed by atoms with E-state index in [2.05, 4.69) is 10.1 Å². The highest BCUT2D eigenvalue weighted by Crippen LogP contribution is 2.26. The van der Waals surface area contributed by atoms with Crippen molar-refractivity contribution in [2.45, 2.75) is 45.1 Å². The Morgan fingerprint density at radius 2 is 2.00 bits per heavy atom. The maximum absolute atomic E-state index is 11.7. The average molecular weight is 213 g/mol. The van der Waals surface area contributed by atoms with Crippen molar-refractivity contribution in [2.24, 2.45) is 5.92 Å². The molecule has 0 heterocycles. The summed E-state index contributed by atoms with van der Waals surface area (Å²) in [5.74, 6) is 0.235. The first kappa shape index (κ1) is 12.0. The van der Waals surface area contributed by atoms with Gasteiger partial charge in [0.1, 0.15) is 5.78 Å². The van der Waals surface area contributed by atoms with Crippen LogP contribution in [-0.2, 0) is 9.53 Å². The van der Waals surface area contributed by atoms with E-state index in [9.17, 15) is 9.59 Å². The predicted molar refractivity (Wildman–Crippen MR) is 56.6 cm³/mol. The molecule has 0 aromatic heterocycles. The second-order valence-electron chi connectivity index (χ2n) is 3.95. The van der Waals surface area contributed by atoms with Gasteiger partial charge in [0.2, 0.25) is 0 Å². The predicted octanol–water partition coefficient (Wildman–Crippen LogP) is 1.88. The topological polar surface area (TPSA) is 55.4 Å². The summed E-state index contributed by atoms with van der Waals surface area (Å²) in [4.78, 5) is 22.7. The molecule has 1 unspecified atom stereocenters. The van der Waals surface area contributed by atoms with E-state index in [1.807, 2.05) is 6.92 Å². The van der Waals surface area contributed by atoms with Crippen molar-refractivity contribution in [1.29, 1.82) is 0 Å². The van der Waals surface area contributed by atoms with Gasteiger partial charge in [0, 0.05) is 18.4 Å². The molecule has 4 nitrogen and oxygen atoms in total. The molecule has 15 heavy (non-hydrogen) atoms. The summed E-state index contributed by atoms with van der Waals surface area (Å²) in [6.07, 6.45) is 4.03. The van der Waals surface area contributed by atoms with Gasteiger partial charge in [0.25, 0.3) is 0 Å². The second-order valence-corrected chi connectivity index (χ2v) is 3.95. The SMILES string of the molecule is CCC(=O)[C@@H]1CCCCC1NC(=O)OC. The Hall–Kier alpha value is -1.06. The van der Waals surface area contributed by atoms with Gasteiger partial charge in [-0.15, -0.1) is 0 Å². The number of carbonyl (C=O) groups is 2. The zero-order valence-corrected chi connectivity index (χ0v) is 9.41. The van der Waals surface area contributed by atoms with Gasteiger partial charge in [-0.3, -0.25) is 4.79 Å². The van der Waals surface area contributed by atoms with Crippen LogP contribution in [0.5, 0.6) is 0 Å². The lowest BCUT2D eigenvalue weighted by molar-refractivity contribution is -0.124. The van der Waals surface area contributed by atoms with E-state index < -0.39 is 6.09 Å². The van der Waals surface area contributed by atoms with Gasteiger partial charge in [-0.1, -0.05) is 19.8 Å². The molecule has 1 rings (SSSR count). The Balaban J connectivity index is 2.57. The summed E-state index contributed by atoms with van der Waals surface area (Å²) in [6.45, 7) is 1.87. The molecule has 4 heteroatoms. The Labute approximate surface area is 90.4 Å². The van der Waals surface area contributed by atoms with E-state index in [-0.39, 0.29) is 17.7 Å². The molecule has 0 spiro atoms.